The number of carbonyl (C=O) groups is 2. The first-order valence-corrected chi connectivity index (χ1v) is 11.7. The Morgan fingerprint density at radius 1 is 1.06 bits per heavy atom. The van der Waals surface area contributed by atoms with Crippen LogP contribution in [0.3, 0.4) is 0 Å². The monoisotopic (exact) mass is 467 g/mol. The van der Waals surface area contributed by atoms with Gasteiger partial charge in [-0.05, 0) is 66.2 Å². The average molecular weight is 468 g/mol. The van der Waals surface area contributed by atoms with E-state index in [1.54, 1.807) is 64.6 Å². The molecular formula is C25H26FN3O3S. The van der Waals surface area contributed by atoms with E-state index in [0.717, 1.165) is 23.3 Å². The summed E-state index contributed by atoms with van der Waals surface area (Å²) in [4.78, 5) is 30.7. The Kier molecular flexibility index (Phi) is 7.24. The Bertz CT molecular complexity index is 1070. The van der Waals surface area contributed by atoms with Crippen LogP contribution in [0.25, 0.3) is 0 Å². The average Bonchev–Trinajstić information content (AvgIpc) is 3.53. The molecule has 6 nitrogen and oxygen atoms in total. The maximum atomic E-state index is 13.3. The molecule has 0 atom stereocenters. The number of benzene rings is 2. The van der Waals surface area contributed by atoms with Crippen LogP contribution < -0.4 is 10.1 Å². The molecule has 1 aliphatic rings. The Morgan fingerprint density at radius 3 is 2.39 bits per heavy atom. The molecular weight excluding hydrogens is 441 g/mol. The van der Waals surface area contributed by atoms with Crippen molar-refractivity contribution in [1.82, 2.24) is 9.80 Å². The van der Waals surface area contributed by atoms with E-state index in [2.05, 4.69) is 5.32 Å². The molecule has 1 saturated carbocycles. The van der Waals surface area contributed by atoms with Crippen LogP contribution in [-0.2, 0) is 17.9 Å². The molecule has 4 rings (SSSR count). The van der Waals surface area contributed by atoms with Crippen molar-refractivity contribution in [3.05, 3.63) is 82.3 Å². The highest BCUT2D eigenvalue weighted by Crippen LogP contribution is 2.28. The number of rotatable bonds is 9. The Balaban J connectivity index is 1.46. The molecule has 172 valence electrons. The number of hydrogen-bond acceptors (Lipinski definition) is 4. The summed E-state index contributed by atoms with van der Waals surface area (Å²) in [6.07, 6.45) is 1.76. The lowest BCUT2D eigenvalue weighted by molar-refractivity contribution is -0.133. The van der Waals surface area contributed by atoms with Crippen LogP contribution in [0.2, 0.25) is 0 Å². The fraction of sp³-hybridized carbons (Fsp3) is 0.280. The first-order valence-electron chi connectivity index (χ1n) is 10.8. The summed E-state index contributed by atoms with van der Waals surface area (Å²) in [5.74, 6) is 0.238. The van der Waals surface area contributed by atoms with Crippen molar-refractivity contribution >= 4 is 29.0 Å². The molecule has 0 spiro atoms. The van der Waals surface area contributed by atoms with Crippen LogP contribution in [0.15, 0.2) is 66.0 Å². The van der Waals surface area contributed by atoms with Crippen molar-refractivity contribution < 1.29 is 18.7 Å². The molecule has 1 aliphatic carbocycles. The second-order valence-electron chi connectivity index (χ2n) is 7.97. The predicted octanol–water partition coefficient (Wildman–Crippen LogP) is 5.12. The van der Waals surface area contributed by atoms with Crippen LogP contribution in [0.1, 0.15) is 23.3 Å². The van der Waals surface area contributed by atoms with Gasteiger partial charge in [0, 0.05) is 23.2 Å². The lowest BCUT2D eigenvalue weighted by atomic mass is 10.2. The van der Waals surface area contributed by atoms with Gasteiger partial charge in [-0.1, -0.05) is 18.2 Å². The van der Waals surface area contributed by atoms with E-state index in [4.69, 9.17) is 4.74 Å². The summed E-state index contributed by atoms with van der Waals surface area (Å²) < 4.78 is 18.5. The third-order valence-electron chi connectivity index (χ3n) is 5.46. The van der Waals surface area contributed by atoms with Crippen LogP contribution >= 0.6 is 11.3 Å². The topological polar surface area (TPSA) is 61.9 Å². The third-order valence-corrected chi connectivity index (χ3v) is 6.32. The number of thiophene rings is 1. The molecule has 1 N–H and O–H groups in total. The summed E-state index contributed by atoms with van der Waals surface area (Å²) in [6, 6.07) is 16.9. The molecule has 33 heavy (non-hydrogen) atoms. The minimum atomic E-state index is -0.315. The normalized spacial score (nSPS) is 12.8. The van der Waals surface area contributed by atoms with Gasteiger partial charge in [-0.2, -0.15) is 0 Å². The largest absolute Gasteiger partial charge is 0.497 e. The van der Waals surface area contributed by atoms with E-state index in [9.17, 15) is 14.0 Å². The standard InChI is InChI=1S/C25H26FN3O3S/c1-32-22-12-8-20(9-13-22)27-25(31)29(21-10-11-21)17-24(30)28(16-23-3-2-14-33-23)15-18-4-6-19(26)7-5-18/h2-9,12-14,21H,10-11,15-17H2,1H3,(H,27,31). The van der Waals surface area contributed by atoms with Crippen LogP contribution in [0.4, 0.5) is 14.9 Å². The molecule has 3 aromatic rings. The zero-order chi connectivity index (χ0) is 23.2. The third kappa shape index (κ3) is 6.32. The van der Waals surface area contributed by atoms with E-state index < -0.39 is 0 Å². The molecule has 8 heteroatoms. The molecule has 2 aromatic carbocycles. The van der Waals surface area contributed by atoms with Gasteiger partial charge in [-0.25, -0.2) is 9.18 Å². The van der Waals surface area contributed by atoms with Gasteiger partial charge in [-0.3, -0.25) is 4.79 Å². The number of urea groups is 1. The van der Waals surface area contributed by atoms with E-state index in [0.29, 0.717) is 24.5 Å². The zero-order valence-corrected chi connectivity index (χ0v) is 19.2. The molecule has 0 aliphatic heterocycles. The lowest BCUT2D eigenvalue weighted by Crippen LogP contribution is -2.45. The minimum absolute atomic E-state index is 0.0147. The molecule has 1 fully saturated rings. The Labute approximate surface area is 196 Å². The quantitative estimate of drug-likeness (QED) is 0.475. The van der Waals surface area contributed by atoms with Gasteiger partial charge in [-0.15, -0.1) is 11.3 Å². The predicted molar refractivity (Wildman–Crippen MR) is 127 cm³/mol. The van der Waals surface area contributed by atoms with E-state index in [-0.39, 0.29) is 30.3 Å². The van der Waals surface area contributed by atoms with Crippen molar-refractivity contribution in [1.29, 1.82) is 0 Å². The maximum absolute atomic E-state index is 13.3. The van der Waals surface area contributed by atoms with Crippen molar-refractivity contribution in [2.45, 2.75) is 32.0 Å². The molecule has 0 saturated heterocycles. The first kappa shape index (κ1) is 22.8. The van der Waals surface area contributed by atoms with Gasteiger partial charge >= 0.3 is 6.03 Å². The Hall–Kier alpha value is -3.39. The molecule has 0 bridgehead atoms. The highest BCUT2D eigenvalue weighted by Gasteiger charge is 2.35. The second-order valence-corrected chi connectivity index (χ2v) is 9.01. The number of methoxy groups -OCH3 is 1. The fourth-order valence-electron chi connectivity index (χ4n) is 3.50. The highest BCUT2D eigenvalue weighted by atomic mass is 32.1. The van der Waals surface area contributed by atoms with Gasteiger partial charge in [0.2, 0.25) is 5.91 Å². The summed E-state index contributed by atoms with van der Waals surface area (Å²) in [5, 5.41) is 4.85. The number of hydrogen-bond donors (Lipinski definition) is 1. The van der Waals surface area contributed by atoms with Crippen molar-refractivity contribution in [3.8, 4) is 5.75 Å². The zero-order valence-electron chi connectivity index (χ0n) is 18.4. The summed E-state index contributed by atoms with van der Waals surface area (Å²) in [6.45, 7) is 0.765. The summed E-state index contributed by atoms with van der Waals surface area (Å²) >= 11 is 1.57. The van der Waals surface area contributed by atoms with Crippen molar-refractivity contribution in [3.63, 3.8) is 0 Å². The molecule has 0 unspecified atom stereocenters. The number of carbonyl (C=O) groups excluding carboxylic acids is 2. The lowest BCUT2D eigenvalue weighted by Gasteiger charge is -2.28. The molecule has 1 heterocycles. The molecule has 0 radical (unpaired) electrons. The first-order chi connectivity index (χ1) is 16.0. The van der Waals surface area contributed by atoms with Gasteiger partial charge in [0.05, 0.1) is 13.7 Å². The van der Waals surface area contributed by atoms with Crippen molar-refractivity contribution in [2.75, 3.05) is 19.0 Å². The maximum Gasteiger partial charge on any atom is 0.322 e. The van der Waals surface area contributed by atoms with E-state index in [1.165, 1.54) is 12.1 Å². The number of nitrogens with one attached hydrogen (secondary N) is 1. The number of ether oxygens (including phenoxy) is 1. The van der Waals surface area contributed by atoms with E-state index >= 15 is 0 Å². The smallest absolute Gasteiger partial charge is 0.322 e. The summed E-state index contributed by atoms with van der Waals surface area (Å²) in [7, 11) is 1.59. The van der Waals surface area contributed by atoms with Gasteiger partial charge in [0.15, 0.2) is 0 Å². The van der Waals surface area contributed by atoms with Gasteiger partial charge in [0.1, 0.15) is 18.1 Å². The minimum Gasteiger partial charge on any atom is -0.497 e. The van der Waals surface area contributed by atoms with Gasteiger partial charge < -0.3 is 19.9 Å². The number of anilines is 1. The molecule has 3 amide bonds. The summed E-state index contributed by atoms with van der Waals surface area (Å²) in [5.41, 5.74) is 1.47. The SMILES string of the molecule is COc1ccc(NC(=O)N(CC(=O)N(Cc2ccc(F)cc2)Cc2cccs2)C2CC2)cc1. The van der Waals surface area contributed by atoms with Crippen molar-refractivity contribution in [2.24, 2.45) is 0 Å². The number of nitrogens with zero attached hydrogens (tertiary/aromatic N) is 2. The highest BCUT2D eigenvalue weighted by molar-refractivity contribution is 7.09. The number of amides is 3. The second kappa shape index (κ2) is 10.5. The van der Waals surface area contributed by atoms with Gasteiger partial charge in [0.25, 0.3) is 0 Å². The van der Waals surface area contributed by atoms with Crippen LogP contribution in [0.5, 0.6) is 5.75 Å². The van der Waals surface area contributed by atoms with E-state index in [1.807, 2.05) is 17.5 Å². The molecule has 1 aromatic heterocycles. The van der Waals surface area contributed by atoms with Crippen LogP contribution in [-0.4, -0.2) is 41.4 Å². The number of halogens is 1. The Morgan fingerprint density at radius 2 is 1.79 bits per heavy atom. The van der Waals surface area contributed by atoms with Crippen LogP contribution in [0, 0.1) is 5.82 Å². The fourth-order valence-corrected chi connectivity index (χ4v) is 4.22.